The average molecular weight is 315 g/mol. The Balaban J connectivity index is 2.13. The molecule has 2 rings (SSSR count). The van der Waals surface area contributed by atoms with Crippen molar-refractivity contribution in [1.29, 1.82) is 0 Å². The number of rotatable bonds is 4. The SMILES string of the molecule is O=C(CS(=O)c1ccc(F)c(F)c1)c1ccc(Cl)cc1. The molecule has 0 aromatic heterocycles. The fraction of sp³-hybridized carbons (Fsp3) is 0.0714. The average Bonchev–Trinajstić information content (AvgIpc) is 2.42. The van der Waals surface area contributed by atoms with Crippen molar-refractivity contribution in [3.05, 3.63) is 64.7 Å². The number of hydrogen-bond acceptors (Lipinski definition) is 2. The molecule has 0 N–H and O–H groups in total. The van der Waals surface area contributed by atoms with Gasteiger partial charge in [-0.15, -0.1) is 0 Å². The third kappa shape index (κ3) is 3.49. The minimum Gasteiger partial charge on any atom is -0.293 e. The molecule has 0 amide bonds. The van der Waals surface area contributed by atoms with Crippen LogP contribution in [0.3, 0.4) is 0 Å². The quantitative estimate of drug-likeness (QED) is 0.808. The van der Waals surface area contributed by atoms with E-state index in [0.717, 1.165) is 12.1 Å². The summed E-state index contributed by atoms with van der Waals surface area (Å²) < 4.78 is 37.7. The maximum Gasteiger partial charge on any atom is 0.175 e. The van der Waals surface area contributed by atoms with Gasteiger partial charge in [0.25, 0.3) is 0 Å². The Labute approximate surface area is 121 Å². The molecule has 0 saturated carbocycles. The molecule has 2 aromatic carbocycles. The van der Waals surface area contributed by atoms with E-state index >= 15 is 0 Å². The predicted octanol–water partition coefficient (Wildman–Crippen LogP) is 3.61. The van der Waals surface area contributed by atoms with Gasteiger partial charge < -0.3 is 0 Å². The number of ketones is 1. The fourth-order valence-corrected chi connectivity index (χ4v) is 2.69. The molecule has 0 spiro atoms. The Morgan fingerprint density at radius 2 is 1.70 bits per heavy atom. The maximum atomic E-state index is 13.0. The number of carbonyl (C=O) groups excluding carboxylic acids is 1. The van der Waals surface area contributed by atoms with Crippen LogP contribution >= 0.6 is 11.6 Å². The molecule has 0 saturated heterocycles. The molecule has 0 aliphatic rings. The second kappa shape index (κ2) is 6.24. The van der Waals surface area contributed by atoms with Gasteiger partial charge in [0.1, 0.15) is 0 Å². The second-order valence-corrected chi connectivity index (χ2v) is 5.88. The summed E-state index contributed by atoms with van der Waals surface area (Å²) >= 11 is 5.70. The van der Waals surface area contributed by atoms with Gasteiger partial charge in [-0.05, 0) is 42.5 Å². The molecular formula is C14H9ClF2O2S. The van der Waals surface area contributed by atoms with Gasteiger partial charge in [-0.1, -0.05) is 11.6 Å². The number of Topliss-reactive ketones (excluding diaryl/α,β-unsaturated/α-hetero) is 1. The van der Waals surface area contributed by atoms with E-state index in [-0.39, 0.29) is 16.4 Å². The first kappa shape index (κ1) is 14.8. The van der Waals surface area contributed by atoms with Gasteiger partial charge in [0.2, 0.25) is 0 Å². The standard InChI is InChI=1S/C14H9ClF2O2S/c15-10-3-1-9(2-4-10)14(18)8-20(19)11-5-6-12(16)13(17)7-11/h1-7H,8H2. The summed E-state index contributed by atoms with van der Waals surface area (Å²) in [4.78, 5) is 12.0. The van der Waals surface area contributed by atoms with Gasteiger partial charge in [0, 0.05) is 15.5 Å². The molecule has 0 heterocycles. The van der Waals surface area contributed by atoms with Crippen molar-refractivity contribution in [1.82, 2.24) is 0 Å². The van der Waals surface area contributed by atoms with Gasteiger partial charge in [0.05, 0.1) is 16.6 Å². The Hall–Kier alpha value is -1.59. The van der Waals surface area contributed by atoms with E-state index in [0.29, 0.717) is 10.6 Å². The Kier molecular flexibility index (Phi) is 4.62. The maximum absolute atomic E-state index is 13.0. The van der Waals surface area contributed by atoms with Crippen LogP contribution < -0.4 is 0 Å². The number of halogens is 3. The molecule has 2 aromatic rings. The lowest BCUT2D eigenvalue weighted by Crippen LogP contribution is -2.11. The smallest absolute Gasteiger partial charge is 0.175 e. The van der Waals surface area contributed by atoms with E-state index < -0.39 is 22.4 Å². The van der Waals surface area contributed by atoms with E-state index in [1.807, 2.05) is 0 Å². The van der Waals surface area contributed by atoms with Gasteiger partial charge in [-0.3, -0.25) is 9.00 Å². The summed E-state index contributed by atoms with van der Waals surface area (Å²) in [6.07, 6.45) is 0. The molecule has 20 heavy (non-hydrogen) atoms. The molecule has 2 nitrogen and oxygen atoms in total. The molecule has 1 unspecified atom stereocenters. The molecule has 0 radical (unpaired) electrons. The highest BCUT2D eigenvalue weighted by molar-refractivity contribution is 7.85. The first-order valence-electron chi connectivity index (χ1n) is 5.59. The third-order valence-corrected chi connectivity index (χ3v) is 4.14. The van der Waals surface area contributed by atoms with Crippen molar-refractivity contribution in [2.45, 2.75) is 4.90 Å². The normalized spacial score (nSPS) is 12.2. The van der Waals surface area contributed by atoms with Crippen LogP contribution in [0.5, 0.6) is 0 Å². The van der Waals surface area contributed by atoms with Crippen molar-refractivity contribution in [2.24, 2.45) is 0 Å². The van der Waals surface area contributed by atoms with E-state index in [2.05, 4.69) is 0 Å². The zero-order valence-corrected chi connectivity index (χ0v) is 11.7. The minimum atomic E-state index is -1.73. The number of benzene rings is 2. The van der Waals surface area contributed by atoms with Crippen LogP contribution in [0.15, 0.2) is 47.4 Å². The molecule has 1 atom stereocenters. The summed E-state index contributed by atoms with van der Waals surface area (Å²) in [7, 11) is -1.73. The van der Waals surface area contributed by atoms with E-state index in [1.54, 1.807) is 12.1 Å². The summed E-state index contributed by atoms with van der Waals surface area (Å²) in [5.41, 5.74) is 0.366. The van der Waals surface area contributed by atoms with Crippen molar-refractivity contribution in [3.8, 4) is 0 Å². The highest BCUT2D eigenvalue weighted by Gasteiger charge is 2.14. The van der Waals surface area contributed by atoms with Gasteiger partial charge >= 0.3 is 0 Å². The summed E-state index contributed by atoms with van der Waals surface area (Å²) in [6, 6.07) is 9.06. The molecule has 6 heteroatoms. The summed E-state index contributed by atoms with van der Waals surface area (Å²) in [5, 5.41) is 0.489. The second-order valence-electron chi connectivity index (χ2n) is 4.00. The topological polar surface area (TPSA) is 34.1 Å². The van der Waals surface area contributed by atoms with Crippen LogP contribution in [0.1, 0.15) is 10.4 Å². The minimum absolute atomic E-state index is 0.0752. The first-order valence-corrected chi connectivity index (χ1v) is 7.29. The van der Waals surface area contributed by atoms with Crippen LogP contribution in [0.25, 0.3) is 0 Å². The van der Waals surface area contributed by atoms with Crippen molar-refractivity contribution >= 4 is 28.2 Å². The monoisotopic (exact) mass is 314 g/mol. The van der Waals surface area contributed by atoms with Crippen LogP contribution in [0, 0.1) is 11.6 Å². The largest absolute Gasteiger partial charge is 0.293 e. The third-order valence-electron chi connectivity index (χ3n) is 2.58. The van der Waals surface area contributed by atoms with E-state index in [1.165, 1.54) is 18.2 Å². The highest BCUT2D eigenvalue weighted by Crippen LogP contribution is 2.15. The van der Waals surface area contributed by atoms with Crippen molar-refractivity contribution < 1.29 is 17.8 Å². The molecule has 0 aliphatic carbocycles. The molecule has 0 bridgehead atoms. The van der Waals surface area contributed by atoms with Crippen LogP contribution in [-0.2, 0) is 10.8 Å². The molecule has 104 valence electrons. The Morgan fingerprint density at radius 3 is 2.30 bits per heavy atom. The zero-order valence-electron chi connectivity index (χ0n) is 10.1. The summed E-state index contributed by atoms with van der Waals surface area (Å²) in [6.45, 7) is 0. The van der Waals surface area contributed by atoms with Gasteiger partial charge in [0.15, 0.2) is 17.4 Å². The lowest BCUT2D eigenvalue weighted by molar-refractivity contribution is 0.102. The predicted molar refractivity (Wildman–Crippen MR) is 73.4 cm³/mol. The molecule has 0 aliphatic heterocycles. The Morgan fingerprint density at radius 1 is 1.05 bits per heavy atom. The highest BCUT2D eigenvalue weighted by atomic mass is 35.5. The van der Waals surface area contributed by atoms with Gasteiger partial charge in [-0.25, -0.2) is 8.78 Å². The molecular weight excluding hydrogens is 306 g/mol. The van der Waals surface area contributed by atoms with Crippen molar-refractivity contribution in [3.63, 3.8) is 0 Å². The van der Waals surface area contributed by atoms with Gasteiger partial charge in [-0.2, -0.15) is 0 Å². The van der Waals surface area contributed by atoms with E-state index in [9.17, 15) is 17.8 Å². The Bertz CT molecular complexity index is 671. The van der Waals surface area contributed by atoms with Crippen LogP contribution in [-0.4, -0.2) is 15.7 Å². The lowest BCUT2D eigenvalue weighted by atomic mass is 10.1. The fourth-order valence-electron chi connectivity index (χ4n) is 1.54. The zero-order chi connectivity index (χ0) is 14.7. The van der Waals surface area contributed by atoms with Crippen LogP contribution in [0.2, 0.25) is 5.02 Å². The number of carbonyl (C=O) groups is 1. The molecule has 0 fully saturated rings. The van der Waals surface area contributed by atoms with E-state index in [4.69, 9.17) is 11.6 Å². The first-order chi connectivity index (χ1) is 9.47. The lowest BCUT2D eigenvalue weighted by Gasteiger charge is -2.03. The number of hydrogen-bond donors (Lipinski definition) is 0. The van der Waals surface area contributed by atoms with Crippen LogP contribution in [0.4, 0.5) is 8.78 Å². The summed E-state index contributed by atoms with van der Waals surface area (Å²) in [5.74, 6) is -2.76. The van der Waals surface area contributed by atoms with Crippen molar-refractivity contribution in [2.75, 3.05) is 5.75 Å².